The minimum absolute atomic E-state index is 0.413. The Bertz CT molecular complexity index is 412. The third-order valence-electron chi connectivity index (χ3n) is 4.56. The van der Waals surface area contributed by atoms with Gasteiger partial charge >= 0.3 is 0 Å². The second kappa shape index (κ2) is 7.95. The number of benzene rings is 1. The molecule has 118 valence electrons. The van der Waals surface area contributed by atoms with Crippen LogP contribution in [0, 0.1) is 11.8 Å². The molecule has 0 radical (unpaired) electrons. The molecule has 1 aliphatic heterocycles. The summed E-state index contributed by atoms with van der Waals surface area (Å²) in [5.41, 5.74) is 2.82. The van der Waals surface area contributed by atoms with Gasteiger partial charge in [-0.15, -0.1) is 0 Å². The second-order valence-corrected chi connectivity index (χ2v) is 6.84. The van der Waals surface area contributed by atoms with Gasteiger partial charge in [0.1, 0.15) is 0 Å². The average molecular weight is 289 g/mol. The van der Waals surface area contributed by atoms with Gasteiger partial charge in [0.05, 0.1) is 6.10 Å². The molecule has 2 rings (SSSR count). The van der Waals surface area contributed by atoms with Crippen LogP contribution in [0.2, 0.25) is 0 Å². The van der Waals surface area contributed by atoms with Crippen molar-refractivity contribution in [2.75, 3.05) is 13.2 Å². The highest BCUT2D eigenvalue weighted by Gasteiger charge is 2.26. The lowest BCUT2D eigenvalue weighted by molar-refractivity contribution is 0.0867. The molecular weight excluding hydrogens is 258 g/mol. The van der Waals surface area contributed by atoms with Crippen molar-refractivity contribution < 1.29 is 4.74 Å². The summed E-state index contributed by atoms with van der Waals surface area (Å²) >= 11 is 0. The Balaban J connectivity index is 1.84. The maximum absolute atomic E-state index is 5.77. The summed E-state index contributed by atoms with van der Waals surface area (Å²) in [7, 11) is 0. The summed E-state index contributed by atoms with van der Waals surface area (Å²) in [6, 6.07) is 9.52. The van der Waals surface area contributed by atoms with E-state index in [0.29, 0.717) is 18.1 Å². The molecule has 1 N–H and O–H groups in total. The molecule has 0 aromatic heterocycles. The molecule has 3 atom stereocenters. The highest BCUT2D eigenvalue weighted by molar-refractivity contribution is 5.25. The molecule has 1 aromatic rings. The van der Waals surface area contributed by atoms with Gasteiger partial charge in [0, 0.05) is 19.2 Å². The van der Waals surface area contributed by atoms with Gasteiger partial charge in [-0.25, -0.2) is 0 Å². The first-order valence-corrected chi connectivity index (χ1v) is 8.54. The highest BCUT2D eigenvalue weighted by atomic mass is 16.5. The molecule has 0 spiro atoms. The first-order valence-electron chi connectivity index (χ1n) is 8.54. The van der Waals surface area contributed by atoms with E-state index in [1.54, 1.807) is 0 Å². The van der Waals surface area contributed by atoms with Crippen LogP contribution in [0.25, 0.3) is 0 Å². The molecule has 3 unspecified atom stereocenters. The van der Waals surface area contributed by atoms with Gasteiger partial charge in [-0.1, -0.05) is 45.0 Å². The summed E-state index contributed by atoms with van der Waals surface area (Å²) in [6.45, 7) is 11.0. The SMILES string of the molecule is CCC1OCCC1CNC(C)c1ccc(CC(C)C)cc1. The van der Waals surface area contributed by atoms with Gasteiger partial charge in [0.2, 0.25) is 0 Å². The fourth-order valence-electron chi connectivity index (χ4n) is 3.24. The molecule has 0 aliphatic carbocycles. The smallest absolute Gasteiger partial charge is 0.0613 e. The zero-order valence-corrected chi connectivity index (χ0v) is 14.1. The van der Waals surface area contributed by atoms with Crippen LogP contribution in [0.15, 0.2) is 24.3 Å². The van der Waals surface area contributed by atoms with E-state index in [2.05, 4.69) is 57.3 Å². The predicted octanol–water partition coefficient (Wildman–Crippen LogP) is 4.35. The van der Waals surface area contributed by atoms with Gasteiger partial charge in [0.25, 0.3) is 0 Å². The molecule has 2 heteroatoms. The molecule has 1 saturated heterocycles. The van der Waals surface area contributed by atoms with Gasteiger partial charge < -0.3 is 10.1 Å². The zero-order valence-electron chi connectivity index (χ0n) is 14.1. The van der Waals surface area contributed by atoms with E-state index >= 15 is 0 Å². The lowest BCUT2D eigenvalue weighted by Gasteiger charge is -2.21. The van der Waals surface area contributed by atoms with Gasteiger partial charge in [-0.05, 0) is 49.1 Å². The van der Waals surface area contributed by atoms with E-state index in [9.17, 15) is 0 Å². The number of hydrogen-bond acceptors (Lipinski definition) is 2. The maximum atomic E-state index is 5.77. The molecule has 0 saturated carbocycles. The van der Waals surface area contributed by atoms with Crippen molar-refractivity contribution in [3.8, 4) is 0 Å². The topological polar surface area (TPSA) is 21.3 Å². The van der Waals surface area contributed by atoms with Crippen molar-refractivity contribution in [3.63, 3.8) is 0 Å². The summed E-state index contributed by atoms with van der Waals surface area (Å²) in [5, 5.41) is 3.69. The largest absolute Gasteiger partial charge is 0.378 e. The first-order chi connectivity index (χ1) is 10.1. The van der Waals surface area contributed by atoms with Crippen LogP contribution >= 0.6 is 0 Å². The minimum Gasteiger partial charge on any atom is -0.378 e. The van der Waals surface area contributed by atoms with Crippen molar-refractivity contribution in [3.05, 3.63) is 35.4 Å². The van der Waals surface area contributed by atoms with E-state index in [-0.39, 0.29) is 0 Å². The summed E-state index contributed by atoms with van der Waals surface area (Å²) < 4.78 is 5.77. The van der Waals surface area contributed by atoms with Crippen molar-refractivity contribution in [2.24, 2.45) is 11.8 Å². The van der Waals surface area contributed by atoms with E-state index in [1.165, 1.54) is 24.0 Å². The normalized spacial score (nSPS) is 23.7. The molecule has 1 fully saturated rings. The number of rotatable bonds is 7. The monoisotopic (exact) mass is 289 g/mol. The number of hydrogen-bond donors (Lipinski definition) is 1. The fourth-order valence-corrected chi connectivity index (χ4v) is 3.24. The molecule has 2 nitrogen and oxygen atoms in total. The molecule has 1 heterocycles. The van der Waals surface area contributed by atoms with Gasteiger partial charge in [-0.2, -0.15) is 0 Å². The van der Waals surface area contributed by atoms with E-state index in [0.717, 1.165) is 25.5 Å². The summed E-state index contributed by atoms with van der Waals surface area (Å²) in [4.78, 5) is 0. The molecule has 0 bridgehead atoms. The zero-order chi connectivity index (χ0) is 15.2. The Morgan fingerprint density at radius 1 is 1.19 bits per heavy atom. The van der Waals surface area contributed by atoms with Crippen LogP contribution < -0.4 is 5.32 Å². The van der Waals surface area contributed by atoms with E-state index in [4.69, 9.17) is 4.74 Å². The lowest BCUT2D eigenvalue weighted by Crippen LogP contribution is -2.30. The second-order valence-electron chi connectivity index (χ2n) is 6.84. The fraction of sp³-hybridized carbons (Fsp3) is 0.684. The van der Waals surface area contributed by atoms with Crippen LogP contribution in [0.1, 0.15) is 57.7 Å². The third kappa shape index (κ3) is 4.82. The Kier molecular flexibility index (Phi) is 6.25. The minimum atomic E-state index is 0.413. The maximum Gasteiger partial charge on any atom is 0.0613 e. The Labute approximate surface area is 130 Å². The molecular formula is C19H31NO. The molecule has 1 aliphatic rings. The molecule has 21 heavy (non-hydrogen) atoms. The standard InChI is InChI=1S/C19H31NO/c1-5-19-18(10-11-21-19)13-20-15(4)17-8-6-16(7-9-17)12-14(2)3/h6-9,14-15,18-20H,5,10-13H2,1-4H3. The van der Waals surface area contributed by atoms with Crippen LogP contribution in [-0.4, -0.2) is 19.3 Å². The Hall–Kier alpha value is -0.860. The first kappa shape index (κ1) is 16.5. The van der Waals surface area contributed by atoms with Crippen molar-refractivity contribution in [1.29, 1.82) is 0 Å². The van der Waals surface area contributed by atoms with E-state index in [1.807, 2.05) is 0 Å². The Morgan fingerprint density at radius 2 is 1.90 bits per heavy atom. The molecule has 0 amide bonds. The van der Waals surface area contributed by atoms with Gasteiger partial charge in [-0.3, -0.25) is 0 Å². The van der Waals surface area contributed by atoms with E-state index < -0.39 is 0 Å². The Morgan fingerprint density at radius 3 is 2.52 bits per heavy atom. The quantitative estimate of drug-likeness (QED) is 0.805. The highest BCUT2D eigenvalue weighted by Crippen LogP contribution is 2.24. The lowest BCUT2D eigenvalue weighted by atomic mass is 9.97. The summed E-state index contributed by atoms with van der Waals surface area (Å²) in [6.07, 6.45) is 3.95. The number of nitrogens with one attached hydrogen (secondary N) is 1. The van der Waals surface area contributed by atoms with Crippen LogP contribution in [0.5, 0.6) is 0 Å². The van der Waals surface area contributed by atoms with Crippen LogP contribution in [0.3, 0.4) is 0 Å². The van der Waals surface area contributed by atoms with Crippen LogP contribution in [-0.2, 0) is 11.2 Å². The van der Waals surface area contributed by atoms with Gasteiger partial charge in [0.15, 0.2) is 0 Å². The third-order valence-corrected chi connectivity index (χ3v) is 4.56. The van der Waals surface area contributed by atoms with Crippen molar-refractivity contribution in [2.45, 2.75) is 59.1 Å². The van der Waals surface area contributed by atoms with Crippen molar-refractivity contribution in [1.82, 2.24) is 5.32 Å². The molecule has 1 aromatic carbocycles. The van der Waals surface area contributed by atoms with Crippen molar-refractivity contribution >= 4 is 0 Å². The predicted molar refractivity (Wildman–Crippen MR) is 89.5 cm³/mol. The number of ether oxygens (including phenoxy) is 1. The average Bonchev–Trinajstić information content (AvgIpc) is 2.92. The van der Waals surface area contributed by atoms with Crippen LogP contribution in [0.4, 0.5) is 0 Å². The summed E-state index contributed by atoms with van der Waals surface area (Å²) in [5.74, 6) is 1.40.